The Kier molecular flexibility index (Phi) is 2.75. The molecule has 0 spiro atoms. The maximum atomic E-state index is 5.26. The van der Waals surface area contributed by atoms with E-state index in [-0.39, 0.29) is 6.29 Å². The molecular weight excluding hydrogens is 128 g/mol. The average molecular weight is 142 g/mol. The average Bonchev–Trinajstić information content (AvgIpc) is 2.37. The van der Waals surface area contributed by atoms with E-state index in [2.05, 4.69) is 6.92 Å². The van der Waals surface area contributed by atoms with Gasteiger partial charge in [-0.1, -0.05) is 6.92 Å². The van der Waals surface area contributed by atoms with Crippen molar-refractivity contribution in [1.82, 2.24) is 0 Å². The third-order valence-corrected chi connectivity index (χ3v) is 1.62. The molecule has 0 amide bonds. The zero-order valence-corrected chi connectivity index (χ0v) is 6.59. The van der Waals surface area contributed by atoms with E-state index < -0.39 is 0 Å². The lowest BCUT2D eigenvalue weighted by Crippen LogP contribution is -2.09. The standard InChI is InChI=1S/C8H14O2/c1-3-7-5-8(9-4-2)10-6-7/h6,8H,3-5H2,1-2H3. The van der Waals surface area contributed by atoms with Crippen molar-refractivity contribution in [1.29, 1.82) is 0 Å². The topological polar surface area (TPSA) is 18.5 Å². The van der Waals surface area contributed by atoms with Crippen LogP contribution in [-0.2, 0) is 9.47 Å². The predicted molar refractivity (Wildman–Crippen MR) is 39.5 cm³/mol. The Labute approximate surface area is 61.8 Å². The highest BCUT2D eigenvalue weighted by atomic mass is 16.7. The normalized spacial score (nSPS) is 24.2. The molecule has 1 atom stereocenters. The minimum absolute atomic E-state index is 0.0000463. The SMILES string of the molecule is CCOC1CC(CC)=CO1. The second kappa shape index (κ2) is 3.62. The lowest BCUT2D eigenvalue weighted by atomic mass is 10.2. The summed E-state index contributed by atoms with van der Waals surface area (Å²) in [6.45, 7) is 4.84. The molecule has 0 fully saturated rings. The molecule has 0 saturated heterocycles. The van der Waals surface area contributed by atoms with Crippen LogP contribution in [0.1, 0.15) is 26.7 Å². The fourth-order valence-electron chi connectivity index (χ4n) is 0.994. The Morgan fingerprint density at radius 1 is 1.70 bits per heavy atom. The van der Waals surface area contributed by atoms with Crippen LogP contribution in [0.3, 0.4) is 0 Å². The monoisotopic (exact) mass is 142 g/mol. The highest BCUT2D eigenvalue weighted by Gasteiger charge is 2.16. The Morgan fingerprint density at radius 2 is 2.50 bits per heavy atom. The van der Waals surface area contributed by atoms with E-state index in [4.69, 9.17) is 9.47 Å². The Bertz CT molecular complexity index is 129. The second-order valence-electron chi connectivity index (χ2n) is 2.35. The Hall–Kier alpha value is -0.500. The van der Waals surface area contributed by atoms with Crippen LogP contribution < -0.4 is 0 Å². The van der Waals surface area contributed by atoms with Gasteiger partial charge >= 0.3 is 0 Å². The van der Waals surface area contributed by atoms with Crippen LogP contribution in [0.4, 0.5) is 0 Å². The van der Waals surface area contributed by atoms with Crippen molar-refractivity contribution in [2.45, 2.75) is 33.0 Å². The van der Waals surface area contributed by atoms with Gasteiger partial charge in [-0.3, -0.25) is 0 Å². The molecule has 0 aromatic heterocycles. The minimum Gasteiger partial charge on any atom is -0.472 e. The molecule has 10 heavy (non-hydrogen) atoms. The zero-order valence-electron chi connectivity index (χ0n) is 6.59. The minimum atomic E-state index is -0.0000463. The van der Waals surface area contributed by atoms with Gasteiger partial charge in [0, 0.05) is 13.0 Å². The molecule has 58 valence electrons. The van der Waals surface area contributed by atoms with Crippen LogP contribution in [0.5, 0.6) is 0 Å². The first-order valence-electron chi connectivity index (χ1n) is 3.81. The molecule has 0 bridgehead atoms. The van der Waals surface area contributed by atoms with E-state index in [1.807, 2.05) is 13.2 Å². The number of ether oxygens (including phenoxy) is 2. The van der Waals surface area contributed by atoms with Crippen molar-refractivity contribution in [3.05, 3.63) is 11.8 Å². The van der Waals surface area contributed by atoms with Gasteiger partial charge in [0.15, 0.2) is 0 Å². The fraction of sp³-hybridized carbons (Fsp3) is 0.750. The molecule has 0 aromatic carbocycles. The Morgan fingerprint density at radius 3 is 3.00 bits per heavy atom. The third-order valence-electron chi connectivity index (χ3n) is 1.62. The maximum Gasteiger partial charge on any atom is 0.202 e. The summed E-state index contributed by atoms with van der Waals surface area (Å²) in [5.41, 5.74) is 1.35. The predicted octanol–water partition coefficient (Wildman–Crippen LogP) is 2.06. The van der Waals surface area contributed by atoms with Gasteiger partial charge in [-0.2, -0.15) is 0 Å². The molecule has 1 aliphatic rings. The van der Waals surface area contributed by atoms with Gasteiger partial charge in [0.05, 0.1) is 6.26 Å². The fourth-order valence-corrected chi connectivity index (χ4v) is 0.994. The van der Waals surface area contributed by atoms with Gasteiger partial charge in [0.25, 0.3) is 0 Å². The molecule has 0 N–H and O–H groups in total. The molecule has 2 nitrogen and oxygen atoms in total. The molecule has 1 rings (SSSR count). The van der Waals surface area contributed by atoms with Crippen molar-refractivity contribution in [2.75, 3.05) is 6.61 Å². The number of hydrogen-bond acceptors (Lipinski definition) is 2. The number of hydrogen-bond donors (Lipinski definition) is 0. The summed E-state index contributed by atoms with van der Waals surface area (Å²) in [4.78, 5) is 0. The molecule has 2 heteroatoms. The summed E-state index contributed by atoms with van der Waals surface area (Å²) in [6.07, 6.45) is 3.84. The summed E-state index contributed by atoms with van der Waals surface area (Å²) >= 11 is 0. The largest absolute Gasteiger partial charge is 0.472 e. The van der Waals surface area contributed by atoms with Crippen LogP contribution >= 0.6 is 0 Å². The summed E-state index contributed by atoms with van der Waals surface area (Å²) < 4.78 is 10.5. The smallest absolute Gasteiger partial charge is 0.202 e. The van der Waals surface area contributed by atoms with E-state index in [0.29, 0.717) is 0 Å². The summed E-state index contributed by atoms with van der Waals surface area (Å²) in [6, 6.07) is 0. The van der Waals surface area contributed by atoms with Gasteiger partial charge in [-0.25, -0.2) is 0 Å². The highest BCUT2D eigenvalue weighted by molar-refractivity contribution is 5.02. The van der Waals surface area contributed by atoms with Gasteiger partial charge in [0.2, 0.25) is 6.29 Å². The maximum absolute atomic E-state index is 5.26. The molecular formula is C8H14O2. The third kappa shape index (κ3) is 1.74. The van der Waals surface area contributed by atoms with Crippen molar-refractivity contribution >= 4 is 0 Å². The van der Waals surface area contributed by atoms with Gasteiger partial charge in [-0.15, -0.1) is 0 Å². The molecule has 1 aliphatic heterocycles. The molecule has 1 heterocycles. The second-order valence-corrected chi connectivity index (χ2v) is 2.35. The Balaban J connectivity index is 2.22. The molecule has 0 radical (unpaired) electrons. The lowest BCUT2D eigenvalue weighted by molar-refractivity contribution is -0.0871. The van der Waals surface area contributed by atoms with Crippen LogP contribution in [-0.4, -0.2) is 12.9 Å². The van der Waals surface area contributed by atoms with Crippen molar-refractivity contribution in [3.8, 4) is 0 Å². The van der Waals surface area contributed by atoms with E-state index in [0.717, 1.165) is 19.4 Å². The van der Waals surface area contributed by atoms with Crippen molar-refractivity contribution in [3.63, 3.8) is 0 Å². The molecule has 0 saturated carbocycles. The van der Waals surface area contributed by atoms with Crippen molar-refractivity contribution < 1.29 is 9.47 Å². The quantitative estimate of drug-likeness (QED) is 0.600. The van der Waals surface area contributed by atoms with E-state index >= 15 is 0 Å². The highest BCUT2D eigenvalue weighted by Crippen LogP contribution is 2.20. The first-order valence-corrected chi connectivity index (χ1v) is 3.81. The van der Waals surface area contributed by atoms with Crippen LogP contribution in [0.2, 0.25) is 0 Å². The van der Waals surface area contributed by atoms with Gasteiger partial charge < -0.3 is 9.47 Å². The van der Waals surface area contributed by atoms with Crippen molar-refractivity contribution in [2.24, 2.45) is 0 Å². The van der Waals surface area contributed by atoms with E-state index in [9.17, 15) is 0 Å². The first-order chi connectivity index (χ1) is 4.86. The van der Waals surface area contributed by atoms with E-state index in [1.54, 1.807) is 0 Å². The van der Waals surface area contributed by atoms with Crippen LogP contribution in [0.15, 0.2) is 11.8 Å². The van der Waals surface area contributed by atoms with Crippen LogP contribution in [0, 0.1) is 0 Å². The van der Waals surface area contributed by atoms with Crippen LogP contribution in [0.25, 0.3) is 0 Å². The number of rotatable bonds is 3. The summed E-state index contributed by atoms with van der Waals surface area (Å²) in [5, 5.41) is 0. The first kappa shape index (κ1) is 7.61. The molecule has 1 unspecified atom stereocenters. The summed E-state index contributed by atoms with van der Waals surface area (Å²) in [7, 11) is 0. The van der Waals surface area contributed by atoms with Gasteiger partial charge in [-0.05, 0) is 18.9 Å². The molecule has 0 aromatic rings. The van der Waals surface area contributed by atoms with Gasteiger partial charge in [0.1, 0.15) is 0 Å². The molecule has 0 aliphatic carbocycles. The lowest BCUT2D eigenvalue weighted by Gasteiger charge is -2.08. The zero-order chi connectivity index (χ0) is 7.40. The van der Waals surface area contributed by atoms with E-state index in [1.165, 1.54) is 5.57 Å². The summed E-state index contributed by atoms with van der Waals surface area (Å²) in [5.74, 6) is 0.